The average molecular weight is 669 g/mol. The minimum Gasteiger partial charge on any atom is -0.448 e. The topological polar surface area (TPSA) is 151 Å². The van der Waals surface area contributed by atoms with Crippen molar-refractivity contribution in [2.24, 2.45) is 5.16 Å². The van der Waals surface area contributed by atoms with Crippen molar-refractivity contribution >= 4 is 74.6 Å². The highest BCUT2D eigenvalue weighted by Crippen LogP contribution is 2.42. The zero-order valence-corrected chi connectivity index (χ0v) is 24.8. The molecule has 1 saturated heterocycles. The summed E-state index contributed by atoms with van der Waals surface area (Å²) in [6.45, 7) is 0. The number of esters is 1. The number of oxime groups is 1. The number of amides is 2. The Kier molecular flexibility index (Phi) is 9.25. The van der Waals surface area contributed by atoms with E-state index in [1.807, 2.05) is 60.7 Å². The zero-order valence-electron chi connectivity index (χ0n) is 21.6. The number of aromatic nitrogens is 2. The van der Waals surface area contributed by atoms with E-state index in [-0.39, 0.29) is 11.0 Å². The third-order valence-corrected chi connectivity index (χ3v) is 8.77. The third kappa shape index (κ3) is 6.05. The van der Waals surface area contributed by atoms with E-state index < -0.39 is 46.8 Å². The van der Waals surface area contributed by atoms with Gasteiger partial charge in [0.05, 0.1) is 11.0 Å². The summed E-state index contributed by atoms with van der Waals surface area (Å²) in [6.07, 6.45) is 2.64. The van der Waals surface area contributed by atoms with Gasteiger partial charge in [-0.05, 0) is 34.3 Å². The van der Waals surface area contributed by atoms with E-state index in [0.717, 1.165) is 11.1 Å². The summed E-state index contributed by atoms with van der Waals surface area (Å²) in [5, 5.41) is 19.2. The summed E-state index contributed by atoms with van der Waals surface area (Å²) in [5.74, 6) is -2.74. The van der Waals surface area contributed by atoms with Gasteiger partial charge in [-0.2, -0.15) is 0 Å². The Morgan fingerprint density at radius 3 is 2.36 bits per heavy atom. The van der Waals surface area contributed by atoms with E-state index in [1.165, 1.54) is 28.2 Å². The first-order valence-corrected chi connectivity index (χ1v) is 15.5. The highest BCUT2D eigenvalue weighted by atomic mass is 79.9. The van der Waals surface area contributed by atoms with Crippen LogP contribution in [0.5, 0.6) is 0 Å². The Bertz CT molecular complexity index is 1540. The minimum atomic E-state index is -1.06. The number of carbonyl (C=O) groups is 4. The molecule has 2 N–H and O–H groups in total. The Balaban J connectivity index is 1.46. The first-order valence-electron chi connectivity index (χ1n) is 12.5. The highest BCUT2D eigenvalue weighted by Gasteiger charge is 2.54. The van der Waals surface area contributed by atoms with Crippen LogP contribution in [0.15, 0.2) is 88.5 Å². The Morgan fingerprint density at radius 1 is 1.12 bits per heavy atom. The van der Waals surface area contributed by atoms with E-state index in [9.17, 15) is 19.2 Å². The molecule has 3 aromatic rings. The number of fused-ring (bicyclic) bond motifs is 1. The number of ether oxygens (including phenoxy) is 1. The molecular weight excluding hydrogens is 646 g/mol. The van der Waals surface area contributed by atoms with Gasteiger partial charge in [0, 0.05) is 11.1 Å². The number of Topliss-reactive ketones (excluding diaryl/α,β-unsaturated/α-hetero) is 1. The van der Waals surface area contributed by atoms with Crippen molar-refractivity contribution in [2.75, 3.05) is 11.1 Å². The fourth-order valence-electron chi connectivity index (χ4n) is 4.44. The maximum Gasteiger partial charge on any atom is 0.356 e. The number of rotatable bonds is 10. The van der Waals surface area contributed by atoms with Crippen LogP contribution in [0.1, 0.15) is 22.9 Å². The number of β-lactam (4-membered cyclic amide) rings is 1. The standard InChI is InChI=1S/C28H22BrN5O6S2/c29-13-20(35)21(32-39)25(36)30-22-26(37)34-23(18(14-41-27(22)34)11-12-19-15-42-33-31-19)28(38)40-24(16-7-3-1-4-8-16)17-9-5-2-6-10-17/h1-12,15,22,24,27,39H,13-14H2,(H,30,36)/b12-11-,32-21?/t22?,27-/m0/s1. The van der Waals surface area contributed by atoms with Crippen molar-refractivity contribution in [1.29, 1.82) is 0 Å². The number of nitrogens with zero attached hydrogens (tertiary/aromatic N) is 4. The number of nitrogens with one attached hydrogen (secondary N) is 1. The van der Waals surface area contributed by atoms with Gasteiger partial charge in [-0.25, -0.2) is 4.79 Å². The van der Waals surface area contributed by atoms with Gasteiger partial charge >= 0.3 is 5.97 Å². The van der Waals surface area contributed by atoms with E-state index in [4.69, 9.17) is 9.94 Å². The summed E-state index contributed by atoms with van der Waals surface area (Å²) in [4.78, 5) is 53.2. The monoisotopic (exact) mass is 667 g/mol. The first-order chi connectivity index (χ1) is 20.4. The van der Waals surface area contributed by atoms with Gasteiger partial charge in [0.1, 0.15) is 17.1 Å². The molecule has 5 rings (SSSR count). The second-order valence-corrected chi connectivity index (χ2v) is 11.3. The number of benzene rings is 2. The lowest BCUT2D eigenvalue weighted by Crippen LogP contribution is -2.71. The lowest BCUT2D eigenvalue weighted by atomic mass is 10.00. The van der Waals surface area contributed by atoms with Gasteiger partial charge in [-0.1, -0.05) is 92.3 Å². The van der Waals surface area contributed by atoms with Gasteiger partial charge in [0.15, 0.2) is 6.10 Å². The second kappa shape index (κ2) is 13.2. The number of carbonyl (C=O) groups excluding carboxylic acids is 4. The molecule has 2 atom stereocenters. The quantitative estimate of drug-likeness (QED) is 0.0631. The smallest absolute Gasteiger partial charge is 0.356 e. The number of thioether (sulfide) groups is 1. The molecule has 1 fully saturated rings. The molecule has 42 heavy (non-hydrogen) atoms. The largest absolute Gasteiger partial charge is 0.448 e. The van der Waals surface area contributed by atoms with Crippen molar-refractivity contribution in [3.63, 3.8) is 0 Å². The average Bonchev–Trinajstić information content (AvgIpc) is 3.55. The van der Waals surface area contributed by atoms with Crippen LogP contribution in [0.3, 0.4) is 0 Å². The maximum atomic E-state index is 13.9. The van der Waals surface area contributed by atoms with E-state index in [1.54, 1.807) is 17.5 Å². The lowest BCUT2D eigenvalue weighted by molar-refractivity contribution is -0.154. The molecule has 2 amide bonds. The molecule has 14 heteroatoms. The first kappa shape index (κ1) is 29.4. The van der Waals surface area contributed by atoms with Gasteiger partial charge in [0.25, 0.3) is 11.8 Å². The predicted molar refractivity (Wildman–Crippen MR) is 160 cm³/mol. The van der Waals surface area contributed by atoms with Crippen LogP contribution in [0, 0.1) is 0 Å². The fourth-order valence-corrected chi connectivity index (χ4v) is 6.44. The van der Waals surface area contributed by atoms with E-state index in [2.05, 4.69) is 36.0 Å². The van der Waals surface area contributed by atoms with Crippen LogP contribution in [0.2, 0.25) is 0 Å². The number of ketones is 1. The molecule has 0 radical (unpaired) electrons. The number of alkyl halides is 1. The normalized spacial score (nSPS) is 18.6. The predicted octanol–water partition coefficient (Wildman–Crippen LogP) is 3.33. The Hall–Kier alpha value is -4.14. The summed E-state index contributed by atoms with van der Waals surface area (Å²) < 4.78 is 9.94. The summed E-state index contributed by atoms with van der Waals surface area (Å²) >= 11 is 5.43. The molecular formula is C28H22BrN5O6S2. The molecule has 2 aliphatic heterocycles. The zero-order chi connectivity index (χ0) is 29.6. The molecule has 0 bridgehead atoms. The van der Waals surface area contributed by atoms with Gasteiger partial charge in [-0.3, -0.25) is 19.3 Å². The Morgan fingerprint density at radius 2 is 1.79 bits per heavy atom. The number of hydrogen-bond acceptors (Lipinski definition) is 11. The van der Waals surface area contributed by atoms with Crippen LogP contribution >= 0.6 is 39.2 Å². The fraction of sp³-hybridized carbons (Fsp3) is 0.179. The number of hydrogen-bond donors (Lipinski definition) is 2. The van der Waals surface area contributed by atoms with Gasteiger partial charge < -0.3 is 15.3 Å². The van der Waals surface area contributed by atoms with Crippen molar-refractivity contribution in [3.05, 3.63) is 100 Å². The molecule has 1 aromatic heterocycles. The molecule has 2 aliphatic rings. The van der Waals surface area contributed by atoms with Crippen LogP contribution in [-0.4, -0.2) is 71.5 Å². The number of allylic oxidation sites excluding steroid dienone is 1. The van der Waals surface area contributed by atoms with Crippen LogP contribution in [0.25, 0.3) is 6.08 Å². The maximum absolute atomic E-state index is 13.9. The van der Waals surface area contributed by atoms with Crippen LogP contribution in [-0.2, 0) is 23.9 Å². The van der Waals surface area contributed by atoms with Crippen molar-refractivity contribution in [3.8, 4) is 0 Å². The highest BCUT2D eigenvalue weighted by molar-refractivity contribution is 9.09. The van der Waals surface area contributed by atoms with E-state index in [0.29, 0.717) is 17.0 Å². The third-order valence-electron chi connectivity index (χ3n) is 6.44. The molecule has 2 aromatic carbocycles. The van der Waals surface area contributed by atoms with Crippen molar-refractivity contribution in [1.82, 2.24) is 19.8 Å². The van der Waals surface area contributed by atoms with Crippen LogP contribution < -0.4 is 5.32 Å². The molecule has 214 valence electrons. The van der Waals surface area contributed by atoms with Crippen molar-refractivity contribution in [2.45, 2.75) is 17.5 Å². The SMILES string of the molecule is O=C(CBr)C(=NO)C(=O)NC1C(=O)N2C(C(=O)OC(c3ccccc3)c3ccccc3)=C(/C=C\c3csnn3)CS[C@@H]12. The van der Waals surface area contributed by atoms with Gasteiger partial charge in [0.2, 0.25) is 11.5 Å². The molecule has 1 unspecified atom stereocenters. The van der Waals surface area contributed by atoms with E-state index >= 15 is 0 Å². The Labute approximate surface area is 256 Å². The lowest BCUT2D eigenvalue weighted by Gasteiger charge is -2.49. The molecule has 0 saturated carbocycles. The summed E-state index contributed by atoms with van der Waals surface area (Å²) in [5.41, 5.74) is 1.92. The molecule has 3 heterocycles. The second-order valence-electron chi connectivity index (χ2n) is 9.01. The number of halogens is 1. The van der Waals surface area contributed by atoms with Crippen molar-refractivity contribution < 1.29 is 29.1 Å². The summed E-state index contributed by atoms with van der Waals surface area (Å²) in [6, 6.07) is 17.5. The molecule has 0 spiro atoms. The molecule has 11 nitrogen and oxygen atoms in total. The molecule has 0 aliphatic carbocycles. The van der Waals surface area contributed by atoms with Crippen LogP contribution in [0.4, 0.5) is 0 Å². The summed E-state index contributed by atoms with van der Waals surface area (Å²) in [7, 11) is 0. The minimum absolute atomic E-state index is 0.0399. The van der Waals surface area contributed by atoms with Gasteiger partial charge in [-0.15, -0.1) is 16.9 Å².